The lowest BCUT2D eigenvalue weighted by Gasteiger charge is -2.10. The number of nitrogens with zero attached hydrogens (tertiary/aromatic N) is 2. The van der Waals surface area contributed by atoms with Gasteiger partial charge in [0.15, 0.2) is 5.82 Å². The molecule has 0 radical (unpaired) electrons. The lowest BCUT2D eigenvalue weighted by molar-refractivity contribution is 0.210. The van der Waals surface area contributed by atoms with Gasteiger partial charge in [-0.25, -0.2) is 14.4 Å². The molecule has 4 nitrogen and oxygen atoms in total. The average Bonchev–Trinajstić information content (AvgIpc) is 2.64. The summed E-state index contributed by atoms with van der Waals surface area (Å²) in [6.07, 6.45) is 0. The molecule has 0 amide bonds. The van der Waals surface area contributed by atoms with Crippen molar-refractivity contribution in [2.24, 2.45) is 0 Å². The second-order valence-electron chi connectivity index (χ2n) is 5.40. The minimum atomic E-state index is -0.265. The zero-order chi connectivity index (χ0) is 18.4. The highest BCUT2D eigenvalue weighted by molar-refractivity contribution is 7.99. The first-order valence-electron chi connectivity index (χ1n) is 7.95. The highest BCUT2D eigenvalue weighted by Gasteiger charge is 2.09. The summed E-state index contributed by atoms with van der Waals surface area (Å²) < 4.78 is 18.2. The van der Waals surface area contributed by atoms with Crippen molar-refractivity contribution in [3.8, 4) is 11.4 Å². The number of anilines is 1. The molecule has 0 fully saturated rings. The minimum Gasteiger partial charge on any atom is -0.383 e. The molecule has 0 saturated carbocycles. The van der Waals surface area contributed by atoms with E-state index in [1.54, 1.807) is 25.3 Å². The monoisotopic (exact) mass is 389 g/mol. The quantitative estimate of drug-likeness (QED) is 0.447. The molecule has 0 spiro atoms. The first-order valence-corrected chi connectivity index (χ1v) is 9.15. The molecule has 26 heavy (non-hydrogen) atoms. The standard InChI is InChI=1S/C19H17ClFN3OS/c1-25-10-9-22-17-12-18(26-16-7-5-15(21)6-8-16)24-19(23-17)13-3-2-4-14(20)11-13/h2-8,11-12H,9-10H2,1H3,(H,22,23,24). The Kier molecular flexibility index (Phi) is 6.44. The van der Waals surface area contributed by atoms with E-state index in [1.165, 1.54) is 23.9 Å². The van der Waals surface area contributed by atoms with Crippen LogP contribution in [0.2, 0.25) is 5.02 Å². The van der Waals surface area contributed by atoms with Crippen molar-refractivity contribution in [1.29, 1.82) is 0 Å². The fourth-order valence-electron chi connectivity index (χ4n) is 2.23. The van der Waals surface area contributed by atoms with Gasteiger partial charge in [0.25, 0.3) is 0 Å². The molecule has 0 atom stereocenters. The molecule has 7 heteroatoms. The summed E-state index contributed by atoms with van der Waals surface area (Å²) >= 11 is 7.53. The normalized spacial score (nSPS) is 10.7. The van der Waals surface area contributed by atoms with Crippen LogP contribution in [0.3, 0.4) is 0 Å². The maximum Gasteiger partial charge on any atom is 0.162 e. The Morgan fingerprint density at radius 1 is 1.12 bits per heavy atom. The number of rotatable bonds is 7. The number of aromatic nitrogens is 2. The van der Waals surface area contributed by atoms with Crippen molar-refractivity contribution < 1.29 is 9.13 Å². The van der Waals surface area contributed by atoms with Crippen LogP contribution in [0, 0.1) is 5.82 Å². The van der Waals surface area contributed by atoms with Crippen LogP contribution in [-0.4, -0.2) is 30.2 Å². The topological polar surface area (TPSA) is 47.0 Å². The van der Waals surface area contributed by atoms with Crippen molar-refractivity contribution >= 4 is 29.2 Å². The third kappa shape index (κ3) is 5.17. The van der Waals surface area contributed by atoms with Crippen molar-refractivity contribution in [1.82, 2.24) is 9.97 Å². The van der Waals surface area contributed by atoms with Gasteiger partial charge in [-0.1, -0.05) is 35.5 Å². The summed E-state index contributed by atoms with van der Waals surface area (Å²) in [7, 11) is 1.65. The van der Waals surface area contributed by atoms with Gasteiger partial charge in [-0.15, -0.1) is 0 Å². The first-order chi connectivity index (χ1) is 12.6. The lowest BCUT2D eigenvalue weighted by atomic mass is 10.2. The fraction of sp³-hybridized carbons (Fsp3) is 0.158. The van der Waals surface area contributed by atoms with Gasteiger partial charge in [-0.3, -0.25) is 0 Å². The van der Waals surface area contributed by atoms with Gasteiger partial charge < -0.3 is 10.1 Å². The third-order valence-electron chi connectivity index (χ3n) is 3.43. The highest BCUT2D eigenvalue weighted by Crippen LogP contribution is 2.30. The zero-order valence-electron chi connectivity index (χ0n) is 14.1. The van der Waals surface area contributed by atoms with Crippen molar-refractivity contribution in [2.45, 2.75) is 9.92 Å². The number of benzene rings is 2. The smallest absolute Gasteiger partial charge is 0.162 e. The van der Waals surface area contributed by atoms with E-state index in [-0.39, 0.29) is 5.82 Å². The predicted molar refractivity (Wildman–Crippen MR) is 103 cm³/mol. The fourth-order valence-corrected chi connectivity index (χ4v) is 3.24. The van der Waals surface area contributed by atoms with Crippen LogP contribution in [0.1, 0.15) is 0 Å². The molecule has 134 valence electrons. The molecule has 0 aliphatic carbocycles. The molecular formula is C19H17ClFN3OS. The van der Waals surface area contributed by atoms with Gasteiger partial charge in [-0.2, -0.15) is 0 Å². The number of hydrogen-bond acceptors (Lipinski definition) is 5. The lowest BCUT2D eigenvalue weighted by Crippen LogP contribution is -2.09. The highest BCUT2D eigenvalue weighted by atomic mass is 35.5. The van der Waals surface area contributed by atoms with E-state index in [9.17, 15) is 4.39 Å². The molecule has 0 aliphatic rings. The molecule has 1 N–H and O–H groups in total. The van der Waals surface area contributed by atoms with Gasteiger partial charge in [0.1, 0.15) is 16.7 Å². The van der Waals surface area contributed by atoms with Gasteiger partial charge in [0.2, 0.25) is 0 Å². The van der Waals surface area contributed by atoms with E-state index >= 15 is 0 Å². The third-order valence-corrected chi connectivity index (χ3v) is 4.60. The second kappa shape index (κ2) is 8.98. The summed E-state index contributed by atoms with van der Waals surface area (Å²) in [5, 5.41) is 4.60. The van der Waals surface area contributed by atoms with E-state index < -0.39 is 0 Å². The van der Waals surface area contributed by atoms with Gasteiger partial charge in [0.05, 0.1) is 6.61 Å². The number of methoxy groups -OCH3 is 1. The number of halogens is 2. The summed E-state index contributed by atoms with van der Waals surface area (Å²) in [5.41, 5.74) is 0.828. The van der Waals surface area contributed by atoms with Gasteiger partial charge in [0, 0.05) is 35.2 Å². The zero-order valence-corrected chi connectivity index (χ0v) is 15.6. The van der Waals surface area contributed by atoms with Crippen LogP contribution in [0.5, 0.6) is 0 Å². The summed E-state index contributed by atoms with van der Waals surface area (Å²) in [6, 6.07) is 15.6. The SMILES string of the molecule is COCCNc1cc(Sc2ccc(F)cc2)nc(-c2cccc(Cl)c2)n1. The molecule has 0 saturated heterocycles. The maximum absolute atomic E-state index is 13.1. The maximum atomic E-state index is 13.1. The number of hydrogen-bond donors (Lipinski definition) is 1. The van der Waals surface area contributed by atoms with Gasteiger partial charge in [-0.05, 0) is 36.4 Å². The molecule has 0 bridgehead atoms. The van der Waals surface area contributed by atoms with Gasteiger partial charge >= 0.3 is 0 Å². The van der Waals surface area contributed by atoms with Crippen LogP contribution in [-0.2, 0) is 4.74 Å². The van der Waals surface area contributed by atoms with Crippen molar-refractivity contribution in [3.05, 3.63) is 65.4 Å². The number of ether oxygens (including phenoxy) is 1. The molecular weight excluding hydrogens is 373 g/mol. The summed E-state index contributed by atoms with van der Waals surface area (Å²) in [6.45, 7) is 1.19. The molecule has 0 aliphatic heterocycles. The van der Waals surface area contributed by atoms with Crippen molar-refractivity contribution in [3.63, 3.8) is 0 Å². The Bertz CT molecular complexity index is 877. The van der Waals surface area contributed by atoms with E-state index in [0.717, 1.165) is 15.5 Å². The minimum absolute atomic E-state index is 0.265. The molecule has 2 aromatic carbocycles. The van der Waals surface area contributed by atoms with Crippen LogP contribution in [0.25, 0.3) is 11.4 Å². The Hall–Kier alpha value is -2.15. The van der Waals surface area contributed by atoms with E-state index in [4.69, 9.17) is 16.3 Å². The Labute approximate surface area is 160 Å². The largest absolute Gasteiger partial charge is 0.383 e. The Morgan fingerprint density at radius 2 is 1.92 bits per heavy atom. The first kappa shape index (κ1) is 18.6. The number of nitrogens with one attached hydrogen (secondary N) is 1. The molecule has 1 aromatic heterocycles. The van der Waals surface area contributed by atoms with Crippen molar-refractivity contribution in [2.75, 3.05) is 25.6 Å². The molecule has 3 aromatic rings. The molecule has 0 unspecified atom stereocenters. The summed E-state index contributed by atoms with van der Waals surface area (Å²) in [5.74, 6) is 0.995. The summed E-state index contributed by atoms with van der Waals surface area (Å²) in [4.78, 5) is 10.1. The second-order valence-corrected chi connectivity index (χ2v) is 6.93. The van der Waals surface area contributed by atoms with E-state index in [0.29, 0.717) is 29.8 Å². The van der Waals surface area contributed by atoms with Crippen LogP contribution in [0.15, 0.2) is 64.5 Å². The van der Waals surface area contributed by atoms with Crippen LogP contribution >= 0.6 is 23.4 Å². The Morgan fingerprint density at radius 3 is 2.65 bits per heavy atom. The molecule has 3 rings (SSSR count). The van der Waals surface area contributed by atoms with Crippen LogP contribution < -0.4 is 5.32 Å². The van der Waals surface area contributed by atoms with E-state index in [1.807, 2.05) is 24.3 Å². The van der Waals surface area contributed by atoms with Crippen LogP contribution in [0.4, 0.5) is 10.2 Å². The van der Waals surface area contributed by atoms with E-state index in [2.05, 4.69) is 15.3 Å². The predicted octanol–water partition coefficient (Wildman–Crippen LogP) is 5.15. The molecule has 1 heterocycles. The average molecular weight is 390 g/mol. The Balaban J connectivity index is 1.92.